The van der Waals surface area contributed by atoms with Gasteiger partial charge in [-0.15, -0.1) is 0 Å². The molecular weight excluding hydrogens is 236 g/mol. The van der Waals surface area contributed by atoms with Gasteiger partial charge >= 0.3 is 0 Å². The Balaban J connectivity index is 1.76. The molecule has 4 rings (SSSR count). The molecule has 0 saturated carbocycles. The fourth-order valence-corrected chi connectivity index (χ4v) is 3.87. The highest BCUT2D eigenvalue weighted by atomic mass is 16.5. The van der Waals surface area contributed by atoms with Gasteiger partial charge in [-0.1, -0.05) is 12.1 Å². The minimum Gasteiger partial charge on any atom is -0.377 e. The van der Waals surface area contributed by atoms with Gasteiger partial charge in [0.2, 0.25) is 0 Å². The maximum Gasteiger partial charge on any atom is 0.0705 e. The Morgan fingerprint density at radius 1 is 1.37 bits per heavy atom. The van der Waals surface area contributed by atoms with Crippen LogP contribution in [-0.4, -0.2) is 30.3 Å². The Hall–Kier alpha value is -1.32. The number of fused-ring (bicyclic) bond motifs is 2. The summed E-state index contributed by atoms with van der Waals surface area (Å²) in [5, 5.41) is 5.15. The molecule has 3 nitrogen and oxygen atoms in total. The van der Waals surface area contributed by atoms with E-state index in [9.17, 15) is 0 Å². The van der Waals surface area contributed by atoms with Gasteiger partial charge in [0.1, 0.15) is 0 Å². The van der Waals surface area contributed by atoms with Crippen LogP contribution in [0.25, 0.3) is 10.9 Å². The van der Waals surface area contributed by atoms with E-state index >= 15 is 0 Å². The Kier molecular flexibility index (Phi) is 2.64. The highest BCUT2D eigenvalue weighted by molar-refractivity contribution is 5.88. The fourth-order valence-electron chi connectivity index (χ4n) is 3.87. The van der Waals surface area contributed by atoms with Gasteiger partial charge in [0.15, 0.2) is 0 Å². The summed E-state index contributed by atoms with van der Waals surface area (Å²) < 4.78 is 5.83. The summed E-state index contributed by atoms with van der Waals surface area (Å²) in [5.41, 5.74) is 4.25. The van der Waals surface area contributed by atoms with Crippen LogP contribution in [0.2, 0.25) is 0 Å². The molecular formula is C16H20N2O. The molecule has 1 aliphatic carbocycles. The van der Waals surface area contributed by atoms with E-state index in [4.69, 9.17) is 4.74 Å². The summed E-state index contributed by atoms with van der Waals surface area (Å²) in [6.45, 7) is 3.88. The maximum absolute atomic E-state index is 5.83. The summed E-state index contributed by atoms with van der Waals surface area (Å²) in [6, 6.07) is 7.22. The van der Waals surface area contributed by atoms with E-state index in [0.29, 0.717) is 18.1 Å². The van der Waals surface area contributed by atoms with Crippen molar-refractivity contribution in [3.05, 3.63) is 35.5 Å². The lowest BCUT2D eigenvalue weighted by Gasteiger charge is -2.40. The van der Waals surface area contributed by atoms with Crippen molar-refractivity contribution in [1.82, 2.24) is 10.3 Å². The first-order valence-corrected chi connectivity index (χ1v) is 7.30. The number of hydrogen-bond donors (Lipinski definition) is 2. The Labute approximate surface area is 113 Å². The molecule has 100 valence electrons. The van der Waals surface area contributed by atoms with Crippen LogP contribution in [0.3, 0.4) is 0 Å². The van der Waals surface area contributed by atoms with E-state index in [1.807, 2.05) is 0 Å². The molecule has 1 saturated heterocycles. The third-order valence-corrected chi connectivity index (χ3v) is 4.67. The van der Waals surface area contributed by atoms with E-state index in [0.717, 1.165) is 26.0 Å². The first-order chi connectivity index (χ1) is 9.36. The fraction of sp³-hybridized carbons (Fsp3) is 0.500. The number of piperidine rings is 1. The molecule has 3 atom stereocenters. The monoisotopic (exact) mass is 256 g/mol. The quantitative estimate of drug-likeness (QED) is 0.866. The summed E-state index contributed by atoms with van der Waals surface area (Å²) in [4.78, 5) is 3.41. The van der Waals surface area contributed by atoms with Crippen molar-refractivity contribution < 1.29 is 4.74 Å². The second kappa shape index (κ2) is 4.36. The van der Waals surface area contributed by atoms with E-state index in [2.05, 4.69) is 41.6 Å². The molecule has 2 aromatic rings. The molecule has 0 spiro atoms. The molecule has 0 bridgehead atoms. The number of aromatic amines is 1. The summed E-state index contributed by atoms with van der Waals surface area (Å²) >= 11 is 0. The van der Waals surface area contributed by atoms with Crippen LogP contribution in [0.5, 0.6) is 0 Å². The van der Waals surface area contributed by atoms with Crippen LogP contribution >= 0.6 is 0 Å². The number of benzene rings is 1. The van der Waals surface area contributed by atoms with Crippen LogP contribution in [0.4, 0.5) is 0 Å². The van der Waals surface area contributed by atoms with E-state index in [-0.39, 0.29) is 0 Å². The van der Waals surface area contributed by atoms with Gasteiger partial charge in [-0.3, -0.25) is 0 Å². The van der Waals surface area contributed by atoms with Crippen LogP contribution in [-0.2, 0) is 11.2 Å². The zero-order chi connectivity index (χ0) is 12.8. The molecule has 0 amide bonds. The van der Waals surface area contributed by atoms with Gasteiger partial charge in [-0.25, -0.2) is 0 Å². The predicted molar refractivity (Wildman–Crippen MR) is 76.6 cm³/mol. The third-order valence-electron chi connectivity index (χ3n) is 4.67. The Bertz CT molecular complexity index is 604. The first kappa shape index (κ1) is 11.5. The lowest BCUT2D eigenvalue weighted by Crippen LogP contribution is -2.49. The predicted octanol–water partition coefficient (Wildman–Crippen LogP) is 2.57. The van der Waals surface area contributed by atoms with E-state index in [1.54, 1.807) is 0 Å². The Morgan fingerprint density at radius 2 is 2.32 bits per heavy atom. The minimum atomic E-state index is 0.363. The highest BCUT2D eigenvalue weighted by Gasteiger charge is 2.36. The second-order valence-electron chi connectivity index (χ2n) is 5.72. The van der Waals surface area contributed by atoms with Crippen molar-refractivity contribution in [2.75, 3.05) is 13.2 Å². The molecule has 1 unspecified atom stereocenters. The smallest absolute Gasteiger partial charge is 0.0705 e. The number of hydrogen-bond acceptors (Lipinski definition) is 2. The molecule has 1 aromatic carbocycles. The van der Waals surface area contributed by atoms with Gasteiger partial charge in [0.05, 0.1) is 6.10 Å². The third kappa shape index (κ3) is 1.72. The average molecular weight is 256 g/mol. The van der Waals surface area contributed by atoms with Crippen molar-refractivity contribution in [1.29, 1.82) is 0 Å². The number of ether oxygens (including phenoxy) is 1. The van der Waals surface area contributed by atoms with Crippen LogP contribution in [0, 0.1) is 0 Å². The maximum atomic E-state index is 5.83. The summed E-state index contributed by atoms with van der Waals surface area (Å²) in [7, 11) is 0. The van der Waals surface area contributed by atoms with Gasteiger partial charge in [-0.2, -0.15) is 0 Å². The molecule has 19 heavy (non-hydrogen) atoms. The highest BCUT2D eigenvalue weighted by Crippen LogP contribution is 2.40. The lowest BCUT2D eigenvalue weighted by atomic mass is 9.75. The normalized spacial score (nSPS) is 29.4. The number of nitrogens with one attached hydrogen (secondary N) is 2. The van der Waals surface area contributed by atoms with Gasteiger partial charge in [0.25, 0.3) is 0 Å². The standard InChI is InChI=1S/C16H20N2O/c1-2-19-11-7-13-12-4-3-5-14-16(12)10(8-17-14)6-15(13)18-9-11/h3-5,8,11,13,15,17-18H,2,6-7,9H2,1H3/t11?,13-,15-/m1/s1. The van der Waals surface area contributed by atoms with Crippen molar-refractivity contribution in [3.63, 3.8) is 0 Å². The van der Waals surface area contributed by atoms with Crippen molar-refractivity contribution in [3.8, 4) is 0 Å². The first-order valence-electron chi connectivity index (χ1n) is 7.30. The molecule has 2 heterocycles. The SMILES string of the molecule is CCOC1CN[C@@H]2Cc3c[nH]c4cccc(c34)[C@H]2C1. The second-order valence-corrected chi connectivity index (χ2v) is 5.72. The van der Waals surface area contributed by atoms with Crippen LogP contribution in [0.15, 0.2) is 24.4 Å². The van der Waals surface area contributed by atoms with Crippen molar-refractivity contribution >= 4 is 10.9 Å². The van der Waals surface area contributed by atoms with Crippen molar-refractivity contribution in [2.45, 2.75) is 37.8 Å². The summed E-state index contributed by atoms with van der Waals surface area (Å²) in [5.74, 6) is 0.595. The summed E-state index contributed by atoms with van der Waals surface area (Å²) in [6.07, 6.45) is 4.83. The van der Waals surface area contributed by atoms with Crippen molar-refractivity contribution in [2.24, 2.45) is 0 Å². The molecule has 3 heteroatoms. The van der Waals surface area contributed by atoms with Crippen LogP contribution in [0.1, 0.15) is 30.4 Å². The van der Waals surface area contributed by atoms with Crippen LogP contribution < -0.4 is 5.32 Å². The van der Waals surface area contributed by atoms with Gasteiger partial charge in [0, 0.05) is 42.2 Å². The molecule has 1 aliphatic heterocycles. The number of rotatable bonds is 2. The number of aromatic nitrogens is 1. The van der Waals surface area contributed by atoms with Gasteiger partial charge in [-0.05, 0) is 37.0 Å². The largest absolute Gasteiger partial charge is 0.377 e. The molecule has 2 aliphatic rings. The average Bonchev–Trinajstić information content (AvgIpc) is 2.85. The topological polar surface area (TPSA) is 37.0 Å². The van der Waals surface area contributed by atoms with Gasteiger partial charge < -0.3 is 15.0 Å². The molecule has 2 N–H and O–H groups in total. The minimum absolute atomic E-state index is 0.363. The Morgan fingerprint density at radius 3 is 3.21 bits per heavy atom. The molecule has 1 fully saturated rings. The zero-order valence-corrected chi connectivity index (χ0v) is 11.3. The molecule has 1 aromatic heterocycles. The zero-order valence-electron chi connectivity index (χ0n) is 11.3. The van der Waals surface area contributed by atoms with E-state index < -0.39 is 0 Å². The van der Waals surface area contributed by atoms with E-state index in [1.165, 1.54) is 22.0 Å². The number of H-pyrrole nitrogens is 1. The molecule has 0 radical (unpaired) electrons. The lowest BCUT2D eigenvalue weighted by molar-refractivity contribution is 0.0299.